The van der Waals surface area contributed by atoms with Gasteiger partial charge >= 0.3 is 23.9 Å². The minimum Gasteiger partial charge on any atom is -0.465 e. The van der Waals surface area contributed by atoms with Gasteiger partial charge in [-0.25, -0.2) is 5.26 Å². The predicted octanol–water partition coefficient (Wildman–Crippen LogP) is 12.7. The van der Waals surface area contributed by atoms with Crippen LogP contribution in [0.5, 0.6) is 11.5 Å². The van der Waals surface area contributed by atoms with Crippen LogP contribution in [0.1, 0.15) is 174 Å². The van der Waals surface area contributed by atoms with Gasteiger partial charge in [-0.3, -0.25) is 19.2 Å². The van der Waals surface area contributed by atoms with Gasteiger partial charge in [0.15, 0.2) is 5.75 Å². The van der Waals surface area contributed by atoms with Crippen molar-refractivity contribution in [2.45, 2.75) is 181 Å². The lowest BCUT2D eigenvalue weighted by Crippen LogP contribution is -2.36. The summed E-state index contributed by atoms with van der Waals surface area (Å²) in [7, 11) is 3.95. The molecular weight excluding hydrogens is 925 g/mol. The van der Waals surface area contributed by atoms with Gasteiger partial charge in [0.25, 0.3) is 0 Å². The first-order valence-corrected chi connectivity index (χ1v) is 29.6. The quantitative estimate of drug-likeness (QED) is 0.0132. The molecule has 0 aliphatic carbocycles. The Bertz CT molecular complexity index is 1670. The van der Waals surface area contributed by atoms with E-state index in [0.717, 1.165) is 152 Å². The average Bonchev–Trinajstić information content (AvgIpc) is 3.37. The Balaban J connectivity index is 0.00000639. The summed E-state index contributed by atoms with van der Waals surface area (Å²) >= 11 is 0. The van der Waals surface area contributed by atoms with Crippen molar-refractivity contribution >= 4 is 45.5 Å². The highest BCUT2D eigenvalue weighted by atomic mass is 33.1. The van der Waals surface area contributed by atoms with Crippen molar-refractivity contribution < 1.29 is 48.3 Å². The second kappa shape index (κ2) is 39.3. The molecule has 0 spiro atoms. The third-order valence-electron chi connectivity index (χ3n) is 13.3. The smallest absolute Gasteiger partial charge is 0.311 e. The minimum atomic E-state index is -0.260. The first-order chi connectivity index (χ1) is 34.2. The molecule has 70 heavy (non-hydrogen) atoms. The zero-order valence-electron chi connectivity index (χ0n) is 43.5. The SMILES string of the molecule is CC.CCCCCCCCC(CC)OC(=O)CCCCCCCC(=O)Oc1ccc(CC(=O)OCCC2CCN(CCSSCCN3CCC(CCOC(=O)Cc4ccc(OO)cc4)CC3)CC2)cc1. The first kappa shape index (κ1) is 61.0. The van der Waals surface area contributed by atoms with Gasteiger partial charge in [-0.1, -0.05) is 125 Å². The van der Waals surface area contributed by atoms with Crippen LogP contribution in [0, 0.1) is 11.8 Å². The highest BCUT2D eigenvalue weighted by molar-refractivity contribution is 8.76. The van der Waals surface area contributed by atoms with E-state index in [2.05, 4.69) is 28.5 Å². The van der Waals surface area contributed by atoms with Crippen molar-refractivity contribution in [3.8, 4) is 11.5 Å². The molecule has 0 aromatic heterocycles. The van der Waals surface area contributed by atoms with E-state index in [9.17, 15) is 19.2 Å². The van der Waals surface area contributed by atoms with Crippen molar-refractivity contribution in [1.29, 1.82) is 0 Å². The molecule has 12 nitrogen and oxygen atoms in total. The van der Waals surface area contributed by atoms with Crippen LogP contribution in [0.2, 0.25) is 0 Å². The number of hydrogen-bond donors (Lipinski definition) is 1. The van der Waals surface area contributed by atoms with E-state index >= 15 is 0 Å². The van der Waals surface area contributed by atoms with Crippen LogP contribution in [0.15, 0.2) is 48.5 Å². The Morgan fingerprint density at radius 2 is 1.03 bits per heavy atom. The number of benzene rings is 2. The summed E-state index contributed by atoms with van der Waals surface area (Å²) in [6, 6.07) is 13.8. The second-order valence-corrected chi connectivity index (χ2v) is 21.5. The van der Waals surface area contributed by atoms with Crippen LogP contribution in [0.25, 0.3) is 0 Å². The number of rotatable bonds is 36. The molecule has 2 aliphatic heterocycles. The van der Waals surface area contributed by atoms with Gasteiger partial charge in [0.05, 0.1) is 26.1 Å². The number of carbonyl (C=O) groups is 4. The van der Waals surface area contributed by atoms with Crippen LogP contribution in [-0.4, -0.2) is 109 Å². The van der Waals surface area contributed by atoms with Crippen LogP contribution >= 0.6 is 21.6 Å². The molecule has 14 heteroatoms. The summed E-state index contributed by atoms with van der Waals surface area (Å²) < 4.78 is 22.3. The Kier molecular flexibility index (Phi) is 34.2. The molecule has 1 N–H and O–H groups in total. The number of esters is 4. The van der Waals surface area contributed by atoms with Gasteiger partial charge in [0, 0.05) is 37.4 Å². The number of ether oxygens (including phenoxy) is 4. The van der Waals surface area contributed by atoms with Gasteiger partial charge in [0.1, 0.15) is 11.9 Å². The third kappa shape index (κ3) is 28.7. The number of piperidine rings is 2. The summed E-state index contributed by atoms with van der Waals surface area (Å²) in [6.07, 6.45) is 21.4. The summed E-state index contributed by atoms with van der Waals surface area (Å²) in [5.74, 6) is 3.46. The molecule has 0 saturated carbocycles. The second-order valence-electron chi connectivity index (χ2n) is 18.8. The summed E-state index contributed by atoms with van der Waals surface area (Å²) in [6.45, 7) is 15.9. The Morgan fingerprint density at radius 1 is 0.586 bits per heavy atom. The number of nitrogens with zero attached hydrogens (tertiary/aromatic N) is 2. The number of likely N-dealkylation sites (tertiary alicyclic amines) is 2. The zero-order valence-corrected chi connectivity index (χ0v) is 45.2. The summed E-state index contributed by atoms with van der Waals surface area (Å²) in [5.41, 5.74) is 1.66. The third-order valence-corrected chi connectivity index (χ3v) is 15.7. The largest absolute Gasteiger partial charge is 0.465 e. The minimum absolute atomic E-state index is 0.0436. The molecule has 2 aromatic carbocycles. The molecule has 2 aliphatic rings. The van der Waals surface area contributed by atoms with Gasteiger partial charge in [-0.05, 0) is 144 Å². The first-order valence-electron chi connectivity index (χ1n) is 27.1. The van der Waals surface area contributed by atoms with Crippen molar-refractivity contribution in [2.75, 3.05) is 64.0 Å². The predicted molar refractivity (Wildman–Crippen MR) is 285 cm³/mol. The lowest BCUT2D eigenvalue weighted by Gasteiger charge is -2.32. The van der Waals surface area contributed by atoms with Gasteiger partial charge < -0.3 is 33.6 Å². The number of hydrogen-bond acceptors (Lipinski definition) is 14. The topological polar surface area (TPSA) is 141 Å². The van der Waals surface area contributed by atoms with E-state index < -0.39 is 0 Å². The molecule has 396 valence electrons. The molecule has 2 fully saturated rings. The van der Waals surface area contributed by atoms with Crippen LogP contribution in [0.3, 0.4) is 0 Å². The summed E-state index contributed by atoms with van der Waals surface area (Å²) in [4.78, 5) is 58.8. The van der Waals surface area contributed by atoms with Crippen molar-refractivity contribution in [2.24, 2.45) is 11.8 Å². The average molecular weight is 1020 g/mol. The van der Waals surface area contributed by atoms with E-state index in [4.69, 9.17) is 24.2 Å². The number of unbranched alkanes of at least 4 members (excludes halogenated alkanes) is 9. The zero-order chi connectivity index (χ0) is 50.4. The Hall–Kier alpha value is -3.30. The molecule has 2 heterocycles. The molecule has 2 saturated heterocycles. The maximum atomic E-state index is 12.6. The van der Waals surface area contributed by atoms with E-state index in [0.29, 0.717) is 49.4 Å². The van der Waals surface area contributed by atoms with E-state index in [1.54, 1.807) is 36.4 Å². The fourth-order valence-corrected chi connectivity index (χ4v) is 11.0. The van der Waals surface area contributed by atoms with E-state index in [1.807, 2.05) is 47.6 Å². The lowest BCUT2D eigenvalue weighted by atomic mass is 9.94. The highest BCUT2D eigenvalue weighted by Crippen LogP contribution is 2.26. The molecule has 0 amide bonds. The monoisotopic (exact) mass is 1010 g/mol. The molecule has 0 bridgehead atoms. The molecule has 1 atom stereocenters. The molecule has 0 radical (unpaired) electrons. The van der Waals surface area contributed by atoms with E-state index in [1.165, 1.54) is 32.1 Å². The fourth-order valence-electron chi connectivity index (χ4n) is 8.90. The normalized spacial score (nSPS) is 15.1. The molecule has 4 rings (SSSR count). The fraction of sp³-hybridized carbons (Fsp3) is 0.714. The van der Waals surface area contributed by atoms with Crippen LogP contribution in [0.4, 0.5) is 0 Å². The standard InChI is InChI=1S/C54H84N2O10S2.C2H6/c1-3-5-6-7-9-12-15-48(4-2)64-51(57)16-13-10-8-11-14-17-52(58)65-49-22-18-46(19-23-49)42-53(59)62-38-30-44-26-32-55(33-27-44)36-40-67-68-41-37-56-34-28-45(29-35-56)31-39-63-54(60)43-47-20-24-50(66-61)25-21-47;1-2/h18-25,44-45,48,61H,3-17,26-43H2,1-2H3;1-2H3. The highest BCUT2D eigenvalue weighted by Gasteiger charge is 2.21. The Labute approximate surface area is 430 Å². The van der Waals surface area contributed by atoms with Gasteiger partial charge in [0.2, 0.25) is 0 Å². The van der Waals surface area contributed by atoms with Crippen LogP contribution < -0.4 is 9.62 Å². The Morgan fingerprint density at radius 3 is 1.50 bits per heavy atom. The van der Waals surface area contributed by atoms with E-state index in [-0.39, 0.29) is 42.8 Å². The maximum Gasteiger partial charge on any atom is 0.311 e. The summed E-state index contributed by atoms with van der Waals surface area (Å²) in [5, 5.41) is 8.68. The van der Waals surface area contributed by atoms with Crippen molar-refractivity contribution in [1.82, 2.24) is 9.80 Å². The van der Waals surface area contributed by atoms with Crippen LogP contribution in [-0.2, 0) is 46.2 Å². The molecule has 2 aromatic rings. The lowest BCUT2D eigenvalue weighted by molar-refractivity contribution is -0.150. The molecular formula is C56H90N2O10S2. The van der Waals surface area contributed by atoms with Gasteiger partial charge in [-0.15, -0.1) is 0 Å². The van der Waals surface area contributed by atoms with Crippen molar-refractivity contribution in [3.63, 3.8) is 0 Å². The van der Waals surface area contributed by atoms with Crippen molar-refractivity contribution in [3.05, 3.63) is 59.7 Å². The van der Waals surface area contributed by atoms with Gasteiger partial charge in [-0.2, -0.15) is 0 Å². The molecule has 1 unspecified atom stereocenters. The maximum absolute atomic E-state index is 12.6. The number of carbonyl (C=O) groups excluding carboxylic acids is 4.